The van der Waals surface area contributed by atoms with Crippen LogP contribution in [0.4, 0.5) is 0 Å². The fourth-order valence-corrected chi connectivity index (χ4v) is 4.15. The summed E-state index contributed by atoms with van der Waals surface area (Å²) in [5.41, 5.74) is 3.58. The van der Waals surface area contributed by atoms with E-state index in [1.54, 1.807) is 14.2 Å². The third kappa shape index (κ3) is 2.79. The number of allylic oxidation sites excluding steroid dienone is 2. The van der Waals surface area contributed by atoms with E-state index >= 15 is 0 Å². The van der Waals surface area contributed by atoms with Gasteiger partial charge in [0, 0.05) is 24.2 Å². The summed E-state index contributed by atoms with van der Waals surface area (Å²) in [6, 6.07) is 5.98. The molecular weight excluding hydrogens is 302 g/mol. The van der Waals surface area contributed by atoms with E-state index in [1.165, 1.54) is 5.56 Å². The molecule has 0 bridgehead atoms. The summed E-state index contributed by atoms with van der Waals surface area (Å²) < 4.78 is 10.6. The van der Waals surface area contributed by atoms with Gasteiger partial charge in [0.05, 0.1) is 14.2 Å². The molecule has 4 nitrogen and oxygen atoms in total. The average molecular weight is 329 g/mol. The van der Waals surface area contributed by atoms with E-state index in [0.717, 1.165) is 42.2 Å². The van der Waals surface area contributed by atoms with Gasteiger partial charge in [0.1, 0.15) is 0 Å². The molecule has 0 aromatic heterocycles. The van der Waals surface area contributed by atoms with Gasteiger partial charge in [-0.15, -0.1) is 0 Å². The van der Waals surface area contributed by atoms with Crippen molar-refractivity contribution in [2.45, 2.75) is 33.6 Å². The van der Waals surface area contributed by atoms with E-state index in [-0.39, 0.29) is 0 Å². The van der Waals surface area contributed by atoms with Gasteiger partial charge in [0.2, 0.25) is 0 Å². The van der Waals surface area contributed by atoms with E-state index in [2.05, 4.69) is 19.2 Å². The highest BCUT2D eigenvalue weighted by Gasteiger charge is 2.65. The van der Waals surface area contributed by atoms with Crippen LogP contribution in [-0.2, 0) is 11.2 Å². The van der Waals surface area contributed by atoms with Gasteiger partial charge in [0.25, 0.3) is 0 Å². The molecule has 4 heteroatoms. The minimum atomic E-state index is 0.301. The third-order valence-electron chi connectivity index (χ3n) is 5.72. The van der Waals surface area contributed by atoms with E-state index in [1.807, 2.05) is 25.1 Å². The first-order valence-corrected chi connectivity index (χ1v) is 8.59. The van der Waals surface area contributed by atoms with Crippen molar-refractivity contribution in [2.75, 3.05) is 20.8 Å². The smallest absolute Gasteiger partial charge is 0.161 e. The number of ether oxygens (including phenoxy) is 2. The predicted octanol–water partition coefficient (Wildman–Crippen LogP) is 3.35. The summed E-state index contributed by atoms with van der Waals surface area (Å²) in [4.78, 5) is 12.2. The largest absolute Gasteiger partial charge is 0.493 e. The molecule has 2 saturated carbocycles. The monoisotopic (exact) mass is 329 g/mol. The minimum absolute atomic E-state index is 0.301. The summed E-state index contributed by atoms with van der Waals surface area (Å²) in [6.45, 7) is 7.38. The lowest BCUT2D eigenvalue weighted by Gasteiger charge is -2.15. The Morgan fingerprint density at radius 3 is 2.58 bits per heavy atom. The van der Waals surface area contributed by atoms with E-state index in [9.17, 15) is 4.79 Å². The van der Waals surface area contributed by atoms with Crippen molar-refractivity contribution in [1.82, 2.24) is 5.32 Å². The molecular formula is C20H27NO3. The first kappa shape index (κ1) is 16.9. The number of rotatable bonds is 6. The summed E-state index contributed by atoms with van der Waals surface area (Å²) in [5.74, 6) is 2.84. The number of fused-ring (bicyclic) bond motifs is 1. The number of carbonyl (C=O) groups is 1. The second-order valence-electron chi connectivity index (χ2n) is 7.44. The molecule has 2 fully saturated rings. The van der Waals surface area contributed by atoms with Crippen LogP contribution in [0, 0.1) is 17.3 Å². The van der Waals surface area contributed by atoms with E-state index in [4.69, 9.17) is 9.47 Å². The van der Waals surface area contributed by atoms with Crippen LogP contribution < -0.4 is 14.8 Å². The zero-order valence-corrected chi connectivity index (χ0v) is 15.2. The fraction of sp³-hybridized carbons (Fsp3) is 0.550. The van der Waals surface area contributed by atoms with Crippen LogP contribution in [0.25, 0.3) is 0 Å². The van der Waals surface area contributed by atoms with Crippen LogP contribution >= 0.6 is 0 Å². The first-order chi connectivity index (χ1) is 11.4. The number of hydrogen-bond donors (Lipinski definition) is 1. The Morgan fingerprint density at radius 2 is 1.96 bits per heavy atom. The summed E-state index contributed by atoms with van der Waals surface area (Å²) in [7, 11) is 3.29. The zero-order valence-electron chi connectivity index (χ0n) is 15.2. The molecule has 130 valence electrons. The molecule has 24 heavy (non-hydrogen) atoms. The standard InChI is InChI=1S/C20H27NO3/c1-12(18-15(22)11-14-19(18)20(14,2)3)21-9-8-13-6-7-16(23-4)17(10-13)24-5/h6-7,10,14,19,21H,8-9,11H2,1-5H3. The van der Waals surface area contributed by atoms with Crippen LogP contribution in [-0.4, -0.2) is 26.5 Å². The Labute approximate surface area is 144 Å². The van der Waals surface area contributed by atoms with Crippen LogP contribution in [0.15, 0.2) is 29.5 Å². The normalized spacial score (nSPS) is 26.0. The van der Waals surface area contributed by atoms with Crippen LogP contribution in [0.2, 0.25) is 0 Å². The van der Waals surface area contributed by atoms with Crippen molar-refractivity contribution in [3.8, 4) is 11.5 Å². The Morgan fingerprint density at radius 1 is 1.25 bits per heavy atom. The highest BCUT2D eigenvalue weighted by molar-refractivity contribution is 6.01. The predicted molar refractivity (Wildman–Crippen MR) is 94.3 cm³/mol. The molecule has 0 aliphatic heterocycles. The van der Waals surface area contributed by atoms with Crippen molar-refractivity contribution >= 4 is 5.78 Å². The Hall–Kier alpha value is -1.97. The van der Waals surface area contributed by atoms with Gasteiger partial charge in [-0.2, -0.15) is 0 Å². The van der Waals surface area contributed by atoms with Crippen LogP contribution in [0.3, 0.4) is 0 Å². The van der Waals surface area contributed by atoms with Gasteiger partial charge in [0.15, 0.2) is 17.3 Å². The van der Waals surface area contributed by atoms with E-state index < -0.39 is 0 Å². The summed E-state index contributed by atoms with van der Waals surface area (Å²) in [5, 5.41) is 3.45. The van der Waals surface area contributed by atoms with Gasteiger partial charge in [-0.1, -0.05) is 19.9 Å². The van der Waals surface area contributed by atoms with Crippen LogP contribution in [0.5, 0.6) is 11.5 Å². The lowest BCUT2D eigenvalue weighted by Crippen LogP contribution is -2.20. The van der Waals surface area contributed by atoms with Gasteiger partial charge in [-0.3, -0.25) is 4.79 Å². The first-order valence-electron chi connectivity index (χ1n) is 8.59. The molecule has 2 aliphatic rings. The molecule has 3 rings (SSSR count). The number of nitrogens with one attached hydrogen (secondary N) is 1. The molecule has 0 radical (unpaired) electrons. The van der Waals surface area contributed by atoms with Crippen LogP contribution in [0.1, 0.15) is 32.8 Å². The third-order valence-corrected chi connectivity index (χ3v) is 5.72. The maximum absolute atomic E-state index is 12.2. The second kappa shape index (κ2) is 6.15. The average Bonchev–Trinajstić information content (AvgIpc) is 2.91. The topological polar surface area (TPSA) is 47.6 Å². The number of hydrogen-bond acceptors (Lipinski definition) is 4. The van der Waals surface area contributed by atoms with Gasteiger partial charge >= 0.3 is 0 Å². The molecule has 0 amide bonds. The number of ketones is 1. The van der Waals surface area contributed by atoms with E-state index in [0.29, 0.717) is 23.0 Å². The molecule has 2 atom stereocenters. The molecule has 0 heterocycles. The molecule has 0 spiro atoms. The molecule has 1 aromatic carbocycles. The molecule has 1 aromatic rings. The van der Waals surface area contributed by atoms with Crippen molar-refractivity contribution in [3.63, 3.8) is 0 Å². The highest BCUT2D eigenvalue weighted by Crippen LogP contribution is 2.68. The minimum Gasteiger partial charge on any atom is -0.493 e. The zero-order chi connectivity index (χ0) is 17.5. The SMILES string of the molecule is COc1ccc(CCNC(C)=C2C(=O)CC3C2C3(C)C)cc1OC. The van der Waals surface area contributed by atoms with Crippen molar-refractivity contribution in [2.24, 2.45) is 17.3 Å². The maximum Gasteiger partial charge on any atom is 0.161 e. The summed E-state index contributed by atoms with van der Waals surface area (Å²) in [6.07, 6.45) is 1.60. The Bertz CT molecular complexity index is 690. The van der Waals surface area contributed by atoms with Crippen molar-refractivity contribution in [1.29, 1.82) is 0 Å². The molecule has 2 aliphatic carbocycles. The highest BCUT2D eigenvalue weighted by atomic mass is 16.5. The lowest BCUT2D eigenvalue weighted by atomic mass is 9.95. The quantitative estimate of drug-likeness (QED) is 0.813. The number of benzene rings is 1. The lowest BCUT2D eigenvalue weighted by molar-refractivity contribution is -0.115. The van der Waals surface area contributed by atoms with Gasteiger partial charge in [-0.25, -0.2) is 0 Å². The summed E-state index contributed by atoms with van der Waals surface area (Å²) >= 11 is 0. The number of methoxy groups -OCH3 is 2. The Balaban J connectivity index is 1.62. The maximum atomic E-state index is 12.2. The Kier molecular flexibility index (Phi) is 4.33. The molecule has 0 saturated heterocycles. The van der Waals surface area contributed by atoms with Gasteiger partial charge in [-0.05, 0) is 48.3 Å². The van der Waals surface area contributed by atoms with Crippen molar-refractivity contribution < 1.29 is 14.3 Å². The fourth-order valence-electron chi connectivity index (χ4n) is 4.15. The molecule has 2 unspecified atom stereocenters. The second-order valence-corrected chi connectivity index (χ2v) is 7.44. The van der Waals surface area contributed by atoms with Gasteiger partial charge < -0.3 is 14.8 Å². The van der Waals surface area contributed by atoms with Crippen molar-refractivity contribution in [3.05, 3.63) is 35.0 Å². The number of Topliss-reactive ketones (excluding diaryl/α,β-unsaturated/α-hetero) is 1. The number of carbonyl (C=O) groups excluding carboxylic acids is 1. The molecule has 1 N–H and O–H groups in total.